The fraction of sp³-hybridized carbons (Fsp3) is 0.286. The molecule has 1 atom stereocenters. The van der Waals surface area contributed by atoms with Crippen molar-refractivity contribution in [2.45, 2.75) is 39.0 Å². The van der Waals surface area contributed by atoms with Crippen LogP contribution >= 0.6 is 0 Å². The van der Waals surface area contributed by atoms with Crippen molar-refractivity contribution in [3.05, 3.63) is 65.2 Å². The smallest absolute Gasteiger partial charge is 0.310 e. The van der Waals surface area contributed by atoms with E-state index in [-0.39, 0.29) is 24.5 Å². The number of hydrogen-bond donors (Lipinski definition) is 2. The van der Waals surface area contributed by atoms with Gasteiger partial charge in [-0.05, 0) is 36.6 Å². The van der Waals surface area contributed by atoms with Gasteiger partial charge in [0.15, 0.2) is 5.78 Å². The highest BCUT2D eigenvalue weighted by atomic mass is 16.4. The normalized spacial score (nSPS) is 11.6. The summed E-state index contributed by atoms with van der Waals surface area (Å²) >= 11 is 0. The van der Waals surface area contributed by atoms with Crippen molar-refractivity contribution in [1.29, 1.82) is 0 Å². The van der Waals surface area contributed by atoms with Gasteiger partial charge in [-0.1, -0.05) is 43.3 Å². The number of aliphatic carboxylic acids is 1. The first-order valence-electron chi connectivity index (χ1n) is 8.65. The minimum atomic E-state index is -0.896. The Morgan fingerprint density at radius 2 is 1.58 bits per heavy atom. The number of carboxylic acid groups (broad SMARTS) is 1. The molecule has 2 aromatic carbocycles. The molecule has 5 nitrogen and oxygen atoms in total. The van der Waals surface area contributed by atoms with E-state index < -0.39 is 11.9 Å². The summed E-state index contributed by atoms with van der Waals surface area (Å²) in [6.07, 6.45) is 1.16. The van der Waals surface area contributed by atoms with E-state index in [1.807, 2.05) is 12.1 Å². The number of rotatable bonds is 8. The minimum absolute atomic E-state index is 0.0616. The van der Waals surface area contributed by atoms with Crippen LogP contribution in [0.4, 0.5) is 5.69 Å². The molecule has 0 radical (unpaired) electrons. The third-order valence-corrected chi connectivity index (χ3v) is 4.33. The van der Waals surface area contributed by atoms with E-state index in [4.69, 9.17) is 5.11 Å². The van der Waals surface area contributed by atoms with E-state index in [2.05, 4.69) is 12.2 Å². The molecule has 0 bridgehead atoms. The molecule has 0 spiro atoms. The van der Waals surface area contributed by atoms with Crippen molar-refractivity contribution in [3.8, 4) is 0 Å². The fourth-order valence-electron chi connectivity index (χ4n) is 2.52. The minimum Gasteiger partial charge on any atom is -0.481 e. The Morgan fingerprint density at radius 3 is 2.12 bits per heavy atom. The van der Waals surface area contributed by atoms with Crippen LogP contribution < -0.4 is 5.32 Å². The number of aryl methyl sites for hydroxylation is 1. The Balaban J connectivity index is 1.86. The Hall–Kier alpha value is -2.95. The van der Waals surface area contributed by atoms with Crippen LogP contribution in [0.5, 0.6) is 0 Å². The standard InChI is InChI=1S/C21H23NO4/c1-3-15-4-6-17(7-5-15)19(23)12-13-20(24)22-18-10-8-16(9-11-18)14(2)21(25)26/h4-11,14H,3,12-13H2,1-2H3,(H,22,24)(H,25,26). The summed E-state index contributed by atoms with van der Waals surface area (Å²) in [4.78, 5) is 35.1. The Bertz CT molecular complexity index is 779. The second kappa shape index (κ2) is 8.94. The van der Waals surface area contributed by atoms with Gasteiger partial charge >= 0.3 is 5.97 Å². The zero-order valence-corrected chi connectivity index (χ0v) is 15.0. The number of nitrogens with one attached hydrogen (secondary N) is 1. The van der Waals surface area contributed by atoms with Crippen LogP contribution in [0.25, 0.3) is 0 Å². The molecular formula is C21H23NO4. The first kappa shape index (κ1) is 19.4. The van der Waals surface area contributed by atoms with Gasteiger partial charge in [0.05, 0.1) is 5.92 Å². The van der Waals surface area contributed by atoms with Crippen LogP contribution in [-0.4, -0.2) is 22.8 Å². The molecule has 0 aromatic heterocycles. The molecular weight excluding hydrogens is 330 g/mol. The summed E-state index contributed by atoms with van der Waals surface area (Å²) < 4.78 is 0. The van der Waals surface area contributed by atoms with E-state index in [0.29, 0.717) is 16.8 Å². The van der Waals surface area contributed by atoms with Crippen molar-refractivity contribution < 1.29 is 19.5 Å². The second-order valence-electron chi connectivity index (χ2n) is 6.20. The SMILES string of the molecule is CCc1ccc(C(=O)CCC(=O)Nc2ccc(C(C)C(=O)O)cc2)cc1. The molecule has 5 heteroatoms. The Labute approximate surface area is 153 Å². The van der Waals surface area contributed by atoms with E-state index in [1.165, 1.54) is 5.56 Å². The average Bonchev–Trinajstić information content (AvgIpc) is 2.66. The second-order valence-corrected chi connectivity index (χ2v) is 6.20. The number of ketones is 1. The van der Waals surface area contributed by atoms with Gasteiger partial charge < -0.3 is 10.4 Å². The largest absolute Gasteiger partial charge is 0.481 e. The molecule has 0 fully saturated rings. The maximum atomic E-state index is 12.1. The first-order valence-corrected chi connectivity index (χ1v) is 8.65. The monoisotopic (exact) mass is 353 g/mol. The summed E-state index contributed by atoms with van der Waals surface area (Å²) in [5.41, 5.74) is 3.03. The molecule has 0 aliphatic carbocycles. The van der Waals surface area contributed by atoms with Gasteiger partial charge in [-0.25, -0.2) is 0 Å². The zero-order chi connectivity index (χ0) is 19.1. The molecule has 0 aliphatic heterocycles. The highest BCUT2D eigenvalue weighted by Gasteiger charge is 2.14. The molecule has 2 aromatic rings. The first-order chi connectivity index (χ1) is 12.4. The molecule has 2 rings (SSSR count). The third kappa shape index (κ3) is 5.28. The van der Waals surface area contributed by atoms with Gasteiger partial charge in [-0.3, -0.25) is 14.4 Å². The molecule has 0 heterocycles. The lowest BCUT2D eigenvalue weighted by Crippen LogP contribution is -2.14. The molecule has 0 saturated heterocycles. The highest BCUT2D eigenvalue weighted by Crippen LogP contribution is 2.18. The van der Waals surface area contributed by atoms with Crippen molar-refractivity contribution in [3.63, 3.8) is 0 Å². The van der Waals surface area contributed by atoms with Crippen LogP contribution in [0.2, 0.25) is 0 Å². The summed E-state index contributed by atoms with van der Waals surface area (Å²) in [5.74, 6) is -1.81. The number of hydrogen-bond acceptors (Lipinski definition) is 3. The van der Waals surface area contributed by atoms with Gasteiger partial charge in [0.25, 0.3) is 0 Å². The lowest BCUT2D eigenvalue weighted by Gasteiger charge is -2.09. The van der Waals surface area contributed by atoms with E-state index >= 15 is 0 Å². The number of carbonyl (C=O) groups excluding carboxylic acids is 2. The molecule has 136 valence electrons. The molecule has 1 amide bonds. The number of carboxylic acids is 1. The number of Topliss-reactive ketones (excluding diaryl/α,β-unsaturated/α-hetero) is 1. The van der Waals surface area contributed by atoms with Gasteiger partial charge in [0, 0.05) is 24.1 Å². The van der Waals surface area contributed by atoms with Crippen LogP contribution in [0.3, 0.4) is 0 Å². The Morgan fingerprint density at radius 1 is 0.962 bits per heavy atom. The highest BCUT2D eigenvalue weighted by molar-refractivity contribution is 6.00. The van der Waals surface area contributed by atoms with Crippen molar-refractivity contribution in [1.82, 2.24) is 0 Å². The van der Waals surface area contributed by atoms with Gasteiger partial charge in [0.2, 0.25) is 5.91 Å². The number of amides is 1. The van der Waals surface area contributed by atoms with E-state index in [9.17, 15) is 14.4 Å². The number of benzene rings is 2. The van der Waals surface area contributed by atoms with Gasteiger partial charge in [-0.2, -0.15) is 0 Å². The van der Waals surface area contributed by atoms with Gasteiger partial charge in [0.1, 0.15) is 0 Å². The predicted octanol–water partition coefficient (Wildman–Crippen LogP) is 4.04. The number of carbonyl (C=O) groups is 3. The maximum absolute atomic E-state index is 12.1. The lowest BCUT2D eigenvalue weighted by molar-refractivity contribution is -0.138. The Kier molecular flexibility index (Phi) is 6.67. The van der Waals surface area contributed by atoms with Crippen molar-refractivity contribution in [2.75, 3.05) is 5.32 Å². The molecule has 1 unspecified atom stereocenters. The third-order valence-electron chi connectivity index (χ3n) is 4.33. The zero-order valence-electron chi connectivity index (χ0n) is 15.0. The van der Waals surface area contributed by atoms with Crippen LogP contribution in [-0.2, 0) is 16.0 Å². The van der Waals surface area contributed by atoms with Crippen LogP contribution in [0.1, 0.15) is 54.1 Å². The molecule has 26 heavy (non-hydrogen) atoms. The molecule has 2 N–H and O–H groups in total. The fourth-order valence-corrected chi connectivity index (χ4v) is 2.52. The van der Waals surface area contributed by atoms with E-state index in [0.717, 1.165) is 6.42 Å². The molecule has 0 saturated carbocycles. The number of anilines is 1. The van der Waals surface area contributed by atoms with Gasteiger partial charge in [-0.15, -0.1) is 0 Å². The van der Waals surface area contributed by atoms with E-state index in [1.54, 1.807) is 43.3 Å². The van der Waals surface area contributed by atoms with Crippen LogP contribution in [0, 0.1) is 0 Å². The predicted molar refractivity (Wildman–Crippen MR) is 101 cm³/mol. The lowest BCUT2D eigenvalue weighted by atomic mass is 10.0. The molecule has 0 aliphatic rings. The quantitative estimate of drug-likeness (QED) is 0.702. The summed E-state index contributed by atoms with van der Waals surface area (Å²) in [7, 11) is 0. The van der Waals surface area contributed by atoms with Crippen molar-refractivity contribution >= 4 is 23.3 Å². The van der Waals surface area contributed by atoms with Crippen molar-refractivity contribution in [2.24, 2.45) is 0 Å². The summed E-state index contributed by atoms with van der Waals surface area (Å²) in [5, 5.41) is 11.7. The summed E-state index contributed by atoms with van der Waals surface area (Å²) in [6.45, 7) is 3.66. The van der Waals surface area contributed by atoms with Crippen LogP contribution in [0.15, 0.2) is 48.5 Å². The summed E-state index contributed by atoms with van der Waals surface area (Å²) in [6, 6.07) is 14.1. The maximum Gasteiger partial charge on any atom is 0.310 e. The topological polar surface area (TPSA) is 83.5 Å². The average molecular weight is 353 g/mol.